The largest absolute Gasteiger partial charge is 0.383 e. The number of hydrogen-bond acceptors (Lipinski definition) is 2. The van der Waals surface area contributed by atoms with Crippen LogP contribution >= 0.6 is 11.3 Å². The third kappa shape index (κ3) is 3.33. The standard InChI is InChI=1S/C20H23NS/c1-2-3-4-10-15-21-19-17-13-8-9-14-18(17)22-20(19)16-11-6-5-7-12-16/h5-9,11-14,21H,2-4,10,15H2,1H3. The molecule has 0 spiro atoms. The van der Waals surface area contributed by atoms with Crippen molar-refractivity contribution in [3.8, 4) is 10.4 Å². The minimum absolute atomic E-state index is 1.06. The van der Waals surface area contributed by atoms with Crippen molar-refractivity contribution in [2.75, 3.05) is 11.9 Å². The lowest BCUT2D eigenvalue weighted by Crippen LogP contribution is -2.01. The van der Waals surface area contributed by atoms with E-state index in [9.17, 15) is 0 Å². The van der Waals surface area contributed by atoms with Crippen molar-refractivity contribution in [3.05, 3.63) is 54.6 Å². The summed E-state index contributed by atoms with van der Waals surface area (Å²) < 4.78 is 1.36. The van der Waals surface area contributed by atoms with Crippen molar-refractivity contribution < 1.29 is 0 Å². The van der Waals surface area contributed by atoms with Crippen molar-refractivity contribution in [1.82, 2.24) is 0 Å². The first-order chi connectivity index (χ1) is 10.9. The molecule has 0 radical (unpaired) electrons. The molecule has 3 aromatic rings. The Kier molecular flexibility index (Phi) is 5.12. The fourth-order valence-electron chi connectivity index (χ4n) is 2.78. The topological polar surface area (TPSA) is 12.0 Å². The normalized spacial score (nSPS) is 11.0. The Morgan fingerprint density at radius 2 is 1.64 bits per heavy atom. The van der Waals surface area contributed by atoms with E-state index in [0.717, 1.165) is 6.54 Å². The number of unbranched alkanes of at least 4 members (excludes halogenated alkanes) is 3. The van der Waals surface area contributed by atoms with Gasteiger partial charge in [0.15, 0.2) is 0 Å². The molecule has 2 heteroatoms. The van der Waals surface area contributed by atoms with Crippen LogP contribution in [0.15, 0.2) is 54.6 Å². The summed E-state index contributed by atoms with van der Waals surface area (Å²) in [7, 11) is 0. The number of fused-ring (bicyclic) bond motifs is 1. The monoisotopic (exact) mass is 309 g/mol. The first kappa shape index (κ1) is 15.1. The fraction of sp³-hybridized carbons (Fsp3) is 0.300. The van der Waals surface area contributed by atoms with E-state index in [0.29, 0.717) is 0 Å². The quantitative estimate of drug-likeness (QED) is 0.487. The number of anilines is 1. The predicted octanol–water partition coefficient (Wildman–Crippen LogP) is 6.56. The van der Waals surface area contributed by atoms with Crippen LogP contribution in [0.5, 0.6) is 0 Å². The molecule has 0 fully saturated rings. The van der Waals surface area contributed by atoms with Gasteiger partial charge in [0.1, 0.15) is 0 Å². The zero-order valence-corrected chi connectivity index (χ0v) is 14.0. The Labute approximate surface area is 137 Å². The van der Waals surface area contributed by atoms with Crippen LogP contribution in [0.4, 0.5) is 5.69 Å². The molecule has 1 aromatic heterocycles. The third-order valence-electron chi connectivity index (χ3n) is 3.96. The molecule has 22 heavy (non-hydrogen) atoms. The van der Waals surface area contributed by atoms with Crippen molar-refractivity contribution >= 4 is 27.1 Å². The molecule has 0 unspecified atom stereocenters. The van der Waals surface area contributed by atoms with Crippen molar-refractivity contribution in [3.63, 3.8) is 0 Å². The van der Waals surface area contributed by atoms with E-state index >= 15 is 0 Å². The van der Waals surface area contributed by atoms with Gasteiger partial charge in [0.25, 0.3) is 0 Å². The van der Waals surface area contributed by atoms with Gasteiger partial charge in [0.05, 0.1) is 10.6 Å². The van der Waals surface area contributed by atoms with E-state index in [4.69, 9.17) is 0 Å². The molecule has 0 aliphatic heterocycles. The van der Waals surface area contributed by atoms with Gasteiger partial charge in [0.2, 0.25) is 0 Å². The van der Waals surface area contributed by atoms with Crippen LogP contribution in [0, 0.1) is 0 Å². The molecule has 0 aliphatic rings. The van der Waals surface area contributed by atoms with Gasteiger partial charge in [-0.1, -0.05) is 74.7 Å². The van der Waals surface area contributed by atoms with Crippen LogP contribution in [-0.2, 0) is 0 Å². The maximum Gasteiger partial charge on any atom is 0.0609 e. The Morgan fingerprint density at radius 3 is 2.45 bits per heavy atom. The fourth-order valence-corrected chi connectivity index (χ4v) is 3.96. The van der Waals surface area contributed by atoms with Crippen LogP contribution in [0.25, 0.3) is 20.5 Å². The number of hydrogen-bond donors (Lipinski definition) is 1. The number of rotatable bonds is 7. The minimum Gasteiger partial charge on any atom is -0.383 e. The Balaban J connectivity index is 1.88. The molecule has 3 rings (SSSR count). The van der Waals surface area contributed by atoms with E-state index in [-0.39, 0.29) is 0 Å². The third-order valence-corrected chi connectivity index (χ3v) is 5.18. The molecule has 0 amide bonds. The molecule has 0 aliphatic carbocycles. The molecular weight excluding hydrogens is 286 g/mol. The molecule has 0 bridgehead atoms. The zero-order chi connectivity index (χ0) is 15.2. The first-order valence-corrected chi connectivity index (χ1v) is 9.02. The zero-order valence-electron chi connectivity index (χ0n) is 13.1. The average molecular weight is 309 g/mol. The molecule has 1 heterocycles. The molecular formula is C20H23NS. The van der Waals surface area contributed by atoms with Crippen molar-refractivity contribution in [1.29, 1.82) is 0 Å². The number of benzene rings is 2. The SMILES string of the molecule is CCCCCCNc1c(-c2ccccc2)sc2ccccc12. The minimum atomic E-state index is 1.06. The summed E-state index contributed by atoms with van der Waals surface area (Å²) in [4.78, 5) is 1.36. The maximum absolute atomic E-state index is 3.70. The van der Waals surface area contributed by atoms with Gasteiger partial charge >= 0.3 is 0 Å². The average Bonchev–Trinajstić information content (AvgIpc) is 2.94. The van der Waals surface area contributed by atoms with Gasteiger partial charge in [-0.2, -0.15) is 0 Å². The highest BCUT2D eigenvalue weighted by Crippen LogP contribution is 2.42. The van der Waals surface area contributed by atoms with Crippen LogP contribution in [0.1, 0.15) is 32.6 Å². The highest BCUT2D eigenvalue weighted by molar-refractivity contribution is 7.23. The molecule has 2 aromatic carbocycles. The molecule has 1 nitrogen and oxygen atoms in total. The lowest BCUT2D eigenvalue weighted by molar-refractivity contribution is 0.685. The highest BCUT2D eigenvalue weighted by Gasteiger charge is 2.12. The Hall–Kier alpha value is -1.80. The summed E-state index contributed by atoms with van der Waals surface area (Å²) in [6.07, 6.45) is 5.17. The predicted molar refractivity (Wildman–Crippen MR) is 99.9 cm³/mol. The van der Waals surface area contributed by atoms with Crippen LogP contribution in [-0.4, -0.2) is 6.54 Å². The van der Waals surface area contributed by atoms with Gasteiger partial charge in [0, 0.05) is 16.6 Å². The second-order valence-corrected chi connectivity index (χ2v) is 6.71. The lowest BCUT2D eigenvalue weighted by atomic mass is 10.1. The molecule has 0 atom stereocenters. The summed E-state index contributed by atoms with van der Waals surface area (Å²) in [6, 6.07) is 19.4. The Morgan fingerprint density at radius 1 is 0.864 bits per heavy atom. The van der Waals surface area contributed by atoms with Crippen LogP contribution in [0.3, 0.4) is 0 Å². The smallest absolute Gasteiger partial charge is 0.0609 e. The summed E-state index contributed by atoms with van der Waals surface area (Å²) >= 11 is 1.88. The number of nitrogens with one attached hydrogen (secondary N) is 1. The van der Waals surface area contributed by atoms with Gasteiger partial charge < -0.3 is 5.32 Å². The van der Waals surface area contributed by atoms with Crippen molar-refractivity contribution in [2.24, 2.45) is 0 Å². The molecule has 1 N–H and O–H groups in total. The van der Waals surface area contributed by atoms with E-state index < -0.39 is 0 Å². The molecule has 0 saturated carbocycles. The van der Waals surface area contributed by atoms with Gasteiger partial charge in [-0.15, -0.1) is 11.3 Å². The van der Waals surface area contributed by atoms with Gasteiger partial charge in [-0.25, -0.2) is 0 Å². The van der Waals surface area contributed by atoms with E-state index in [1.165, 1.54) is 51.9 Å². The van der Waals surface area contributed by atoms with E-state index in [2.05, 4.69) is 66.8 Å². The highest BCUT2D eigenvalue weighted by atomic mass is 32.1. The molecule has 114 valence electrons. The van der Waals surface area contributed by atoms with Gasteiger partial charge in [-0.3, -0.25) is 0 Å². The second-order valence-electron chi connectivity index (χ2n) is 5.66. The summed E-state index contributed by atoms with van der Waals surface area (Å²) in [5.74, 6) is 0. The molecule has 0 saturated heterocycles. The number of thiophene rings is 1. The van der Waals surface area contributed by atoms with Crippen LogP contribution in [0.2, 0.25) is 0 Å². The summed E-state index contributed by atoms with van der Waals surface area (Å²) in [5, 5.41) is 5.05. The van der Waals surface area contributed by atoms with Crippen molar-refractivity contribution in [2.45, 2.75) is 32.6 Å². The summed E-state index contributed by atoms with van der Waals surface area (Å²) in [5.41, 5.74) is 2.61. The summed E-state index contributed by atoms with van der Waals surface area (Å²) in [6.45, 7) is 3.31. The Bertz CT molecular complexity index is 715. The second kappa shape index (κ2) is 7.46. The lowest BCUT2D eigenvalue weighted by Gasteiger charge is -2.09. The first-order valence-electron chi connectivity index (χ1n) is 8.21. The van der Waals surface area contributed by atoms with E-state index in [1.807, 2.05) is 11.3 Å². The van der Waals surface area contributed by atoms with E-state index in [1.54, 1.807) is 0 Å². The maximum atomic E-state index is 3.70. The van der Waals surface area contributed by atoms with Gasteiger partial charge in [-0.05, 0) is 18.1 Å². The van der Waals surface area contributed by atoms with Crippen LogP contribution < -0.4 is 5.32 Å².